The van der Waals surface area contributed by atoms with Crippen molar-refractivity contribution in [1.29, 1.82) is 0 Å². The molecule has 0 fully saturated rings. The fourth-order valence-electron chi connectivity index (χ4n) is 4.45. The topological polar surface area (TPSA) is 86.7 Å². The van der Waals surface area contributed by atoms with Crippen molar-refractivity contribution >= 4 is 21.2 Å². The molecule has 178 valence electrons. The van der Waals surface area contributed by atoms with Crippen LogP contribution in [0.15, 0.2) is 0 Å². The van der Waals surface area contributed by atoms with Gasteiger partial charge in [-0.15, -0.1) is 12.4 Å². The van der Waals surface area contributed by atoms with Crippen molar-refractivity contribution in [3.8, 4) is 0 Å². The average molecular weight is 454 g/mol. The predicted octanol–water partition coefficient (Wildman–Crippen LogP) is 6.33. The summed E-state index contributed by atoms with van der Waals surface area (Å²) in [4.78, 5) is 30.1. The van der Waals surface area contributed by atoms with E-state index in [9.17, 15) is 14.4 Å². The monoisotopic (exact) mass is 453 g/mol. The molecule has 4 nitrogen and oxygen atoms in total. The van der Waals surface area contributed by atoms with Gasteiger partial charge in [0.25, 0.3) is 0 Å². The molecule has 0 bridgehead atoms. The number of halogens is 1. The van der Waals surface area contributed by atoms with Gasteiger partial charge in [0.05, 0.1) is 0 Å². The summed E-state index contributed by atoms with van der Waals surface area (Å²) in [6, 6.07) is 0. The van der Waals surface area contributed by atoms with E-state index in [0.717, 1.165) is 25.7 Å². The number of nitrogens with two attached hydrogens (primary N) is 1. The summed E-state index contributed by atoms with van der Waals surface area (Å²) in [5.74, 6) is -0.0542. The summed E-state index contributed by atoms with van der Waals surface area (Å²) in [5, 5.41) is 0. The Bertz CT molecular complexity index is 359. The van der Waals surface area contributed by atoms with Crippen molar-refractivity contribution in [3.63, 3.8) is 0 Å². The van der Waals surface area contributed by atoms with E-state index in [2.05, 4.69) is 13.8 Å². The zero-order chi connectivity index (χ0) is 21.5. The van der Waals surface area contributed by atoms with Gasteiger partial charge in [-0.2, -0.15) is 0 Å². The zero-order valence-corrected chi connectivity index (χ0v) is 21.6. The second kappa shape index (κ2) is 18.0. The van der Waals surface area contributed by atoms with Crippen LogP contribution in [0, 0.1) is 5.92 Å². The van der Waals surface area contributed by atoms with Crippen molar-refractivity contribution in [2.45, 2.75) is 142 Å². The van der Waals surface area contributed by atoms with Crippen LogP contribution < -0.4 is 5.73 Å². The first-order valence-corrected chi connectivity index (χ1v) is 14.0. The van der Waals surface area contributed by atoms with Crippen LogP contribution in [-0.2, 0) is 0 Å². The number of hydrogen-bond acceptors (Lipinski definition) is 4. The average Bonchev–Trinajstić information content (AvgIpc) is 2.59. The number of unbranched alkanes of at least 4 members (excludes halogenated alkanes) is 12. The van der Waals surface area contributed by atoms with Crippen molar-refractivity contribution in [3.05, 3.63) is 0 Å². The quantitative estimate of drug-likeness (QED) is 0.136. The van der Waals surface area contributed by atoms with E-state index in [1.165, 1.54) is 70.6 Å². The second-order valence-electron chi connectivity index (χ2n) is 9.54. The van der Waals surface area contributed by atoms with E-state index in [1.807, 2.05) is 13.8 Å². The Balaban J connectivity index is 0. The van der Waals surface area contributed by atoms with Gasteiger partial charge in [-0.05, 0) is 32.6 Å². The lowest BCUT2D eigenvalue weighted by atomic mass is 9.80. The van der Waals surface area contributed by atoms with Crippen LogP contribution in [0.5, 0.6) is 0 Å². The first-order chi connectivity index (χ1) is 13.1. The fraction of sp³-hybridized carbons (Fsp3) is 1.00. The molecule has 6 heteroatoms. The molecule has 0 saturated carbocycles. The molecule has 0 heterocycles. The Kier molecular flexibility index (Phi) is 19.5. The van der Waals surface area contributed by atoms with Crippen molar-refractivity contribution in [2.75, 3.05) is 0 Å². The number of hydrogen-bond donors (Lipinski definition) is 4. The van der Waals surface area contributed by atoms with E-state index >= 15 is 0 Å². The molecule has 0 aliphatic carbocycles. The lowest BCUT2D eigenvalue weighted by Crippen LogP contribution is -2.52. The van der Waals surface area contributed by atoms with Gasteiger partial charge in [-0.1, -0.05) is 104 Å². The molecule has 0 saturated heterocycles. The van der Waals surface area contributed by atoms with Gasteiger partial charge in [0.15, 0.2) is 0 Å². The van der Waals surface area contributed by atoms with Crippen LogP contribution in [0.2, 0.25) is 5.54 Å². The first kappa shape index (κ1) is 31.5. The molecule has 2 unspecified atom stereocenters. The summed E-state index contributed by atoms with van der Waals surface area (Å²) >= 11 is 0. The maximum Gasteiger partial charge on any atom is 0.496 e. The lowest BCUT2D eigenvalue weighted by molar-refractivity contribution is 0.157. The molecule has 5 N–H and O–H groups in total. The van der Waals surface area contributed by atoms with Crippen LogP contribution >= 0.6 is 12.4 Å². The Hall–Kier alpha value is 0.347. The molecule has 0 amide bonds. The highest BCUT2D eigenvalue weighted by atomic mass is 35.5. The molecule has 0 aromatic heterocycles. The Morgan fingerprint density at radius 3 is 1.34 bits per heavy atom. The minimum Gasteiger partial charge on any atom is -0.390 e. The fourth-order valence-corrected chi connectivity index (χ4v) is 6.18. The maximum absolute atomic E-state index is 10.0. The molecule has 29 heavy (non-hydrogen) atoms. The minimum absolute atomic E-state index is 0. The second-order valence-corrected chi connectivity index (χ2v) is 11.7. The van der Waals surface area contributed by atoms with Crippen molar-refractivity contribution in [2.24, 2.45) is 11.7 Å². The standard InChI is InChI=1S/C23H51NO3Si.ClH/c1-5-7-8-9-10-11-12-13-14-15-16-17-18-20-22(28(25,26)27)21(19-6-2)23(3,4)24;/h21-22,25-27H,5-20,24H2,1-4H3;1H. The largest absolute Gasteiger partial charge is 0.496 e. The van der Waals surface area contributed by atoms with Crippen LogP contribution in [0.25, 0.3) is 0 Å². The van der Waals surface area contributed by atoms with E-state index < -0.39 is 19.9 Å². The van der Waals surface area contributed by atoms with E-state index in [4.69, 9.17) is 5.73 Å². The maximum atomic E-state index is 10.0. The van der Waals surface area contributed by atoms with Gasteiger partial charge >= 0.3 is 8.80 Å². The SMILES string of the molecule is CCCCCCCCCCCCCCCC(C(CCC)C(C)(C)N)[Si](O)(O)O.Cl. The molecule has 0 spiro atoms. The summed E-state index contributed by atoms with van der Waals surface area (Å²) in [6.45, 7) is 8.21. The van der Waals surface area contributed by atoms with E-state index in [1.54, 1.807) is 0 Å². The molecular formula is C23H52ClNO3Si. The summed E-state index contributed by atoms with van der Waals surface area (Å²) in [6.07, 6.45) is 19.2. The van der Waals surface area contributed by atoms with Crippen LogP contribution in [0.4, 0.5) is 0 Å². The van der Waals surface area contributed by atoms with E-state index in [-0.39, 0.29) is 18.3 Å². The lowest BCUT2D eigenvalue weighted by Gasteiger charge is -2.39. The molecule has 0 aliphatic heterocycles. The Morgan fingerprint density at radius 1 is 0.655 bits per heavy atom. The molecule has 0 aromatic rings. The van der Waals surface area contributed by atoms with Gasteiger partial charge in [0.1, 0.15) is 0 Å². The van der Waals surface area contributed by atoms with Crippen LogP contribution in [-0.4, -0.2) is 28.7 Å². The van der Waals surface area contributed by atoms with Gasteiger partial charge in [-0.25, -0.2) is 0 Å². The third-order valence-electron chi connectivity index (χ3n) is 6.16. The molecule has 0 aliphatic rings. The third-order valence-corrected chi connectivity index (χ3v) is 7.84. The summed E-state index contributed by atoms with van der Waals surface area (Å²) in [5.41, 5.74) is 5.33. The minimum atomic E-state index is -4.18. The molecule has 0 aromatic carbocycles. The highest BCUT2D eigenvalue weighted by molar-refractivity contribution is 6.58. The Morgan fingerprint density at radius 2 is 1.03 bits per heavy atom. The molecule has 0 radical (unpaired) electrons. The van der Waals surface area contributed by atoms with Crippen LogP contribution in [0.1, 0.15) is 130 Å². The van der Waals surface area contributed by atoms with Crippen LogP contribution in [0.3, 0.4) is 0 Å². The highest BCUT2D eigenvalue weighted by Gasteiger charge is 2.47. The zero-order valence-electron chi connectivity index (χ0n) is 19.8. The molecular weight excluding hydrogens is 402 g/mol. The smallest absolute Gasteiger partial charge is 0.390 e. The van der Waals surface area contributed by atoms with Gasteiger partial charge in [-0.3, -0.25) is 0 Å². The number of rotatable bonds is 19. The van der Waals surface area contributed by atoms with Gasteiger partial charge in [0.2, 0.25) is 0 Å². The third kappa shape index (κ3) is 16.7. The highest BCUT2D eigenvalue weighted by Crippen LogP contribution is 2.39. The van der Waals surface area contributed by atoms with Crippen molar-refractivity contribution in [1.82, 2.24) is 0 Å². The van der Waals surface area contributed by atoms with Gasteiger partial charge < -0.3 is 20.1 Å². The predicted molar refractivity (Wildman–Crippen MR) is 130 cm³/mol. The first-order valence-electron chi connectivity index (χ1n) is 12.1. The molecule has 2 atom stereocenters. The summed E-state index contributed by atoms with van der Waals surface area (Å²) in [7, 11) is -4.18. The van der Waals surface area contributed by atoms with Gasteiger partial charge in [0, 0.05) is 11.1 Å². The van der Waals surface area contributed by atoms with Crippen molar-refractivity contribution < 1.29 is 14.4 Å². The van der Waals surface area contributed by atoms with E-state index in [0.29, 0.717) is 6.42 Å². The normalized spacial score (nSPS) is 14.5. The molecule has 0 rings (SSSR count). The Labute approximate surface area is 188 Å². The summed E-state index contributed by atoms with van der Waals surface area (Å²) < 4.78 is 0.